The van der Waals surface area contributed by atoms with Crippen molar-refractivity contribution in [3.05, 3.63) is 18.0 Å². The lowest BCUT2D eigenvalue weighted by molar-refractivity contribution is 0.188. The molecule has 0 bridgehead atoms. The normalized spacial score (nSPS) is 23.9. The first-order chi connectivity index (χ1) is 6.88. The summed E-state index contributed by atoms with van der Waals surface area (Å²) >= 11 is 0. The second kappa shape index (κ2) is 4.57. The number of nitrogens with one attached hydrogen (secondary N) is 2. The molecule has 2 heterocycles. The van der Waals surface area contributed by atoms with Crippen molar-refractivity contribution in [1.82, 2.24) is 20.4 Å². The van der Waals surface area contributed by atoms with E-state index in [4.69, 9.17) is 0 Å². The SMILES string of the molecule is CNC1CCCN(Cc2cn[nH]c2)C1. The Morgan fingerprint density at radius 3 is 3.36 bits per heavy atom. The van der Waals surface area contributed by atoms with Crippen LogP contribution in [-0.2, 0) is 6.54 Å². The Balaban J connectivity index is 1.86. The lowest BCUT2D eigenvalue weighted by atomic mass is 10.1. The number of hydrogen-bond donors (Lipinski definition) is 2. The van der Waals surface area contributed by atoms with Crippen molar-refractivity contribution in [2.45, 2.75) is 25.4 Å². The smallest absolute Gasteiger partial charge is 0.0532 e. The predicted octanol–water partition coefficient (Wildman–Crippen LogP) is 0.593. The van der Waals surface area contributed by atoms with Crippen LogP contribution < -0.4 is 5.32 Å². The van der Waals surface area contributed by atoms with Gasteiger partial charge < -0.3 is 5.32 Å². The van der Waals surface area contributed by atoms with Gasteiger partial charge in [0, 0.05) is 30.9 Å². The van der Waals surface area contributed by atoms with Gasteiger partial charge in [0.1, 0.15) is 0 Å². The van der Waals surface area contributed by atoms with Gasteiger partial charge in [0.2, 0.25) is 0 Å². The summed E-state index contributed by atoms with van der Waals surface area (Å²) in [5.41, 5.74) is 1.28. The molecule has 1 unspecified atom stereocenters. The number of hydrogen-bond acceptors (Lipinski definition) is 3. The van der Waals surface area contributed by atoms with Crippen LogP contribution in [0.25, 0.3) is 0 Å². The van der Waals surface area contributed by atoms with E-state index in [1.165, 1.54) is 24.9 Å². The highest BCUT2D eigenvalue weighted by molar-refractivity contribution is 5.02. The minimum atomic E-state index is 0.663. The van der Waals surface area contributed by atoms with Crippen molar-refractivity contribution in [3.8, 4) is 0 Å². The van der Waals surface area contributed by atoms with Crippen molar-refractivity contribution in [2.75, 3.05) is 20.1 Å². The number of H-pyrrole nitrogens is 1. The molecule has 0 amide bonds. The molecule has 0 saturated carbocycles. The highest BCUT2D eigenvalue weighted by atomic mass is 15.2. The second-order valence-electron chi connectivity index (χ2n) is 3.97. The van der Waals surface area contributed by atoms with Gasteiger partial charge in [0.15, 0.2) is 0 Å². The predicted molar refractivity (Wildman–Crippen MR) is 55.9 cm³/mol. The molecule has 1 aromatic heterocycles. The molecule has 1 fully saturated rings. The molecule has 1 aliphatic rings. The molecule has 2 rings (SSSR count). The summed E-state index contributed by atoms with van der Waals surface area (Å²) in [6, 6.07) is 0.663. The highest BCUT2D eigenvalue weighted by Gasteiger charge is 2.18. The summed E-state index contributed by atoms with van der Waals surface area (Å²) in [5, 5.41) is 10.2. The van der Waals surface area contributed by atoms with Crippen molar-refractivity contribution in [1.29, 1.82) is 0 Å². The van der Waals surface area contributed by atoms with E-state index in [1.54, 1.807) is 0 Å². The number of likely N-dealkylation sites (tertiary alicyclic amines) is 1. The molecule has 14 heavy (non-hydrogen) atoms. The van der Waals surface area contributed by atoms with E-state index in [-0.39, 0.29) is 0 Å². The number of aromatic amines is 1. The van der Waals surface area contributed by atoms with Crippen LogP contribution in [-0.4, -0.2) is 41.3 Å². The molecule has 4 heteroatoms. The number of aromatic nitrogens is 2. The zero-order valence-electron chi connectivity index (χ0n) is 8.66. The first kappa shape index (κ1) is 9.68. The average molecular weight is 194 g/mol. The second-order valence-corrected chi connectivity index (χ2v) is 3.97. The third-order valence-electron chi connectivity index (χ3n) is 2.87. The molecule has 0 aliphatic carbocycles. The number of piperidine rings is 1. The molecule has 2 N–H and O–H groups in total. The molecule has 1 saturated heterocycles. The Hall–Kier alpha value is -0.870. The van der Waals surface area contributed by atoms with Crippen LogP contribution in [0.15, 0.2) is 12.4 Å². The van der Waals surface area contributed by atoms with E-state index in [0.717, 1.165) is 13.1 Å². The monoisotopic (exact) mass is 194 g/mol. The van der Waals surface area contributed by atoms with Crippen LogP contribution in [0.3, 0.4) is 0 Å². The molecule has 0 radical (unpaired) electrons. The van der Waals surface area contributed by atoms with E-state index in [0.29, 0.717) is 6.04 Å². The fourth-order valence-electron chi connectivity index (χ4n) is 2.06. The van der Waals surface area contributed by atoms with E-state index < -0.39 is 0 Å². The van der Waals surface area contributed by atoms with Gasteiger partial charge in [-0.25, -0.2) is 0 Å². The van der Waals surface area contributed by atoms with Gasteiger partial charge in [-0.1, -0.05) is 0 Å². The summed E-state index contributed by atoms with van der Waals surface area (Å²) in [6.45, 7) is 3.39. The number of rotatable bonds is 3. The van der Waals surface area contributed by atoms with E-state index in [9.17, 15) is 0 Å². The van der Waals surface area contributed by atoms with E-state index in [1.807, 2.05) is 19.4 Å². The Bertz CT molecular complexity index is 257. The summed E-state index contributed by atoms with van der Waals surface area (Å²) in [7, 11) is 2.05. The van der Waals surface area contributed by atoms with Gasteiger partial charge in [-0.15, -0.1) is 0 Å². The van der Waals surface area contributed by atoms with Crippen molar-refractivity contribution in [2.24, 2.45) is 0 Å². The first-order valence-electron chi connectivity index (χ1n) is 5.26. The summed E-state index contributed by atoms with van der Waals surface area (Å²) < 4.78 is 0. The number of likely N-dealkylation sites (N-methyl/N-ethyl adjacent to an activating group) is 1. The Morgan fingerprint density at radius 1 is 1.71 bits per heavy atom. The van der Waals surface area contributed by atoms with Gasteiger partial charge in [0.25, 0.3) is 0 Å². The van der Waals surface area contributed by atoms with Crippen LogP contribution in [0, 0.1) is 0 Å². The molecular formula is C10H18N4. The molecule has 0 aromatic carbocycles. The molecule has 78 valence electrons. The van der Waals surface area contributed by atoms with Gasteiger partial charge in [-0.05, 0) is 26.4 Å². The lowest BCUT2D eigenvalue weighted by Crippen LogP contribution is -2.43. The van der Waals surface area contributed by atoms with Gasteiger partial charge in [-0.2, -0.15) is 5.10 Å². The van der Waals surface area contributed by atoms with Crippen LogP contribution in [0.4, 0.5) is 0 Å². The van der Waals surface area contributed by atoms with Crippen molar-refractivity contribution < 1.29 is 0 Å². The summed E-state index contributed by atoms with van der Waals surface area (Å²) in [6.07, 6.45) is 6.48. The molecule has 4 nitrogen and oxygen atoms in total. The average Bonchev–Trinajstić information content (AvgIpc) is 2.71. The fraction of sp³-hybridized carbons (Fsp3) is 0.700. The maximum absolute atomic E-state index is 3.96. The minimum absolute atomic E-state index is 0.663. The Kier molecular flexibility index (Phi) is 3.16. The maximum Gasteiger partial charge on any atom is 0.0532 e. The van der Waals surface area contributed by atoms with Gasteiger partial charge in [0.05, 0.1) is 6.20 Å². The third-order valence-corrected chi connectivity index (χ3v) is 2.87. The van der Waals surface area contributed by atoms with Crippen molar-refractivity contribution >= 4 is 0 Å². The fourth-order valence-corrected chi connectivity index (χ4v) is 2.06. The minimum Gasteiger partial charge on any atom is -0.316 e. The summed E-state index contributed by atoms with van der Waals surface area (Å²) in [4.78, 5) is 2.48. The van der Waals surface area contributed by atoms with Crippen LogP contribution >= 0.6 is 0 Å². The first-order valence-corrected chi connectivity index (χ1v) is 5.26. The molecule has 1 aromatic rings. The highest BCUT2D eigenvalue weighted by Crippen LogP contribution is 2.12. The topological polar surface area (TPSA) is 44.0 Å². The Labute approximate surface area is 84.7 Å². The van der Waals surface area contributed by atoms with Gasteiger partial charge in [-0.3, -0.25) is 10.00 Å². The van der Waals surface area contributed by atoms with Crippen molar-refractivity contribution in [3.63, 3.8) is 0 Å². The maximum atomic E-state index is 3.96. The Morgan fingerprint density at radius 2 is 2.64 bits per heavy atom. The van der Waals surface area contributed by atoms with Crippen LogP contribution in [0.5, 0.6) is 0 Å². The molecule has 0 spiro atoms. The number of nitrogens with zero attached hydrogens (tertiary/aromatic N) is 2. The molecule has 1 atom stereocenters. The van der Waals surface area contributed by atoms with E-state index in [2.05, 4.69) is 20.4 Å². The zero-order chi connectivity index (χ0) is 9.80. The van der Waals surface area contributed by atoms with Gasteiger partial charge >= 0.3 is 0 Å². The molecular weight excluding hydrogens is 176 g/mol. The van der Waals surface area contributed by atoms with Crippen LogP contribution in [0.2, 0.25) is 0 Å². The zero-order valence-corrected chi connectivity index (χ0v) is 8.66. The lowest BCUT2D eigenvalue weighted by Gasteiger charge is -2.32. The quantitative estimate of drug-likeness (QED) is 0.740. The third kappa shape index (κ3) is 2.33. The largest absolute Gasteiger partial charge is 0.316 e. The van der Waals surface area contributed by atoms with E-state index >= 15 is 0 Å². The molecule has 1 aliphatic heterocycles. The summed E-state index contributed by atoms with van der Waals surface area (Å²) in [5.74, 6) is 0. The van der Waals surface area contributed by atoms with Crippen LogP contribution in [0.1, 0.15) is 18.4 Å². The standard InChI is InChI=1S/C10H18N4/c1-11-10-3-2-4-14(8-10)7-9-5-12-13-6-9/h5-6,10-11H,2-4,7-8H2,1H3,(H,12,13).